The van der Waals surface area contributed by atoms with Crippen molar-refractivity contribution in [2.24, 2.45) is 15.7 Å². The number of nitrogens with zero attached hydrogens (tertiary/aromatic N) is 2. The van der Waals surface area contributed by atoms with Gasteiger partial charge in [0.1, 0.15) is 11.7 Å². The number of amidine groups is 1. The van der Waals surface area contributed by atoms with Crippen LogP contribution in [0.5, 0.6) is 0 Å². The number of hydrogen-bond acceptors (Lipinski definition) is 5. The Kier molecular flexibility index (Phi) is 5.42. The second-order valence-electron chi connectivity index (χ2n) is 3.54. The van der Waals surface area contributed by atoms with Gasteiger partial charge < -0.3 is 5.73 Å². The van der Waals surface area contributed by atoms with Crippen molar-refractivity contribution in [2.45, 2.75) is 33.6 Å². The molecular weight excluding hydrogens is 214 g/mol. The van der Waals surface area contributed by atoms with Crippen LogP contribution in [0.3, 0.4) is 0 Å². The molecule has 94 valence electrons. The lowest BCUT2D eigenvalue weighted by atomic mass is 10.0. The van der Waals surface area contributed by atoms with Crippen molar-refractivity contribution < 1.29 is 0 Å². The standard InChI is InChI=1S/C10H15N5.C2H6/c1-7-12-5-4-9-3-2-8(6-11)10(13-9)15-14-7;1-2/h4-5,15H,2-3,6,11H2,1H3,(H,12,14);1-2H3/b5-4-;. The van der Waals surface area contributed by atoms with Crippen LogP contribution >= 0.6 is 0 Å². The summed E-state index contributed by atoms with van der Waals surface area (Å²) in [5.74, 6) is 1.64. The molecule has 2 rings (SSSR count). The summed E-state index contributed by atoms with van der Waals surface area (Å²) in [4.78, 5) is 8.65. The van der Waals surface area contributed by atoms with Gasteiger partial charge in [-0.3, -0.25) is 10.9 Å². The Morgan fingerprint density at radius 3 is 2.76 bits per heavy atom. The number of allylic oxidation sites excluding steroid dienone is 1. The predicted molar refractivity (Wildman–Crippen MR) is 72.6 cm³/mol. The number of hydrazine groups is 1. The Morgan fingerprint density at radius 2 is 2.06 bits per heavy atom. The van der Waals surface area contributed by atoms with Gasteiger partial charge >= 0.3 is 0 Å². The molecule has 0 unspecified atom stereocenters. The summed E-state index contributed by atoms with van der Waals surface area (Å²) < 4.78 is 0. The van der Waals surface area contributed by atoms with Gasteiger partial charge in [-0.2, -0.15) is 0 Å². The van der Waals surface area contributed by atoms with E-state index in [1.54, 1.807) is 6.20 Å². The van der Waals surface area contributed by atoms with Gasteiger partial charge in [0.2, 0.25) is 0 Å². The van der Waals surface area contributed by atoms with Gasteiger partial charge in [0, 0.05) is 18.5 Å². The summed E-state index contributed by atoms with van der Waals surface area (Å²) in [7, 11) is 0. The molecule has 17 heavy (non-hydrogen) atoms. The molecule has 0 aromatic heterocycles. The topological polar surface area (TPSA) is 74.8 Å². The fourth-order valence-corrected chi connectivity index (χ4v) is 1.53. The van der Waals surface area contributed by atoms with Crippen molar-refractivity contribution in [3.05, 3.63) is 23.7 Å². The Bertz CT molecular complexity index is 376. The zero-order chi connectivity index (χ0) is 12.7. The molecule has 0 atom stereocenters. The first kappa shape index (κ1) is 13.4. The lowest BCUT2D eigenvalue weighted by Crippen LogP contribution is -2.36. The van der Waals surface area contributed by atoms with Gasteiger partial charge in [-0.15, -0.1) is 0 Å². The number of fused-ring (bicyclic) bond motifs is 1. The minimum absolute atomic E-state index is 0.542. The molecule has 2 bridgehead atoms. The van der Waals surface area contributed by atoms with Gasteiger partial charge in [0.15, 0.2) is 0 Å². The van der Waals surface area contributed by atoms with Gasteiger partial charge in [0.05, 0.1) is 0 Å². The van der Waals surface area contributed by atoms with Crippen LogP contribution in [0.15, 0.2) is 33.7 Å². The third-order valence-corrected chi connectivity index (χ3v) is 2.42. The molecule has 0 aliphatic carbocycles. The first-order chi connectivity index (χ1) is 8.29. The number of hydrogen-bond donors (Lipinski definition) is 3. The number of nitrogens with two attached hydrogens (primary N) is 1. The maximum Gasteiger partial charge on any atom is 0.145 e. The second-order valence-corrected chi connectivity index (χ2v) is 3.54. The smallest absolute Gasteiger partial charge is 0.145 e. The van der Waals surface area contributed by atoms with E-state index in [2.05, 4.69) is 20.8 Å². The molecule has 2 aliphatic heterocycles. The van der Waals surface area contributed by atoms with Crippen molar-refractivity contribution in [2.75, 3.05) is 6.54 Å². The molecule has 0 saturated heterocycles. The Labute approximate surface area is 103 Å². The summed E-state index contributed by atoms with van der Waals surface area (Å²) in [5, 5.41) is 0. The highest BCUT2D eigenvalue weighted by atomic mass is 15.4. The molecule has 0 fully saturated rings. The second kappa shape index (κ2) is 6.85. The fraction of sp³-hybridized carbons (Fsp3) is 0.500. The molecule has 2 aliphatic rings. The number of nitrogens with one attached hydrogen (secondary N) is 2. The van der Waals surface area contributed by atoms with Crippen molar-refractivity contribution in [1.82, 2.24) is 10.9 Å². The SMILES string of the molecule is CC.CC1=N/C=C\C2=NC(=C(CN)CC2)NN1. The van der Waals surface area contributed by atoms with Crippen LogP contribution in [-0.4, -0.2) is 18.1 Å². The zero-order valence-corrected chi connectivity index (χ0v) is 10.7. The summed E-state index contributed by atoms with van der Waals surface area (Å²) in [6.07, 6.45) is 5.59. The van der Waals surface area contributed by atoms with E-state index in [4.69, 9.17) is 5.73 Å². The first-order valence-electron chi connectivity index (χ1n) is 6.02. The van der Waals surface area contributed by atoms with Crippen LogP contribution < -0.4 is 16.6 Å². The van der Waals surface area contributed by atoms with Crippen LogP contribution in [0.25, 0.3) is 0 Å². The zero-order valence-electron chi connectivity index (χ0n) is 10.7. The molecule has 2 heterocycles. The summed E-state index contributed by atoms with van der Waals surface area (Å²) in [6.45, 7) is 6.43. The molecule has 0 amide bonds. The number of aliphatic imine (C=N–C) groups is 2. The van der Waals surface area contributed by atoms with Crippen molar-refractivity contribution in [1.29, 1.82) is 0 Å². The highest BCUT2D eigenvalue weighted by Crippen LogP contribution is 2.17. The van der Waals surface area contributed by atoms with Crippen LogP contribution in [0.1, 0.15) is 33.6 Å². The Morgan fingerprint density at radius 1 is 1.29 bits per heavy atom. The van der Waals surface area contributed by atoms with E-state index < -0.39 is 0 Å². The fourth-order valence-electron chi connectivity index (χ4n) is 1.53. The monoisotopic (exact) mass is 235 g/mol. The van der Waals surface area contributed by atoms with Crippen LogP contribution in [0.4, 0.5) is 0 Å². The minimum atomic E-state index is 0.542. The van der Waals surface area contributed by atoms with Gasteiger partial charge in [-0.05, 0) is 31.4 Å². The average molecular weight is 235 g/mol. The van der Waals surface area contributed by atoms with E-state index in [-0.39, 0.29) is 0 Å². The average Bonchev–Trinajstić information content (AvgIpc) is 2.44. The van der Waals surface area contributed by atoms with Crippen molar-refractivity contribution in [3.8, 4) is 0 Å². The van der Waals surface area contributed by atoms with E-state index in [9.17, 15) is 0 Å². The third-order valence-electron chi connectivity index (χ3n) is 2.42. The minimum Gasteiger partial charge on any atom is -0.327 e. The highest BCUT2D eigenvalue weighted by molar-refractivity contribution is 5.97. The molecule has 5 nitrogen and oxygen atoms in total. The van der Waals surface area contributed by atoms with Gasteiger partial charge in [0.25, 0.3) is 0 Å². The maximum atomic E-state index is 5.66. The van der Waals surface area contributed by atoms with Crippen molar-refractivity contribution >= 4 is 11.5 Å². The molecule has 5 heteroatoms. The maximum absolute atomic E-state index is 5.66. The van der Waals surface area contributed by atoms with E-state index in [1.807, 2.05) is 26.8 Å². The van der Waals surface area contributed by atoms with E-state index in [1.165, 1.54) is 0 Å². The van der Waals surface area contributed by atoms with Crippen LogP contribution in [0.2, 0.25) is 0 Å². The largest absolute Gasteiger partial charge is 0.327 e. The third kappa shape index (κ3) is 3.71. The Hall–Kier alpha value is -1.62. The first-order valence-corrected chi connectivity index (χ1v) is 6.02. The summed E-state index contributed by atoms with van der Waals surface area (Å²) in [5.41, 5.74) is 13.9. The number of rotatable bonds is 1. The van der Waals surface area contributed by atoms with Crippen LogP contribution in [-0.2, 0) is 0 Å². The molecule has 0 spiro atoms. The predicted octanol–water partition coefficient (Wildman–Crippen LogP) is 1.46. The van der Waals surface area contributed by atoms with E-state index in [0.29, 0.717) is 6.54 Å². The quantitative estimate of drug-likeness (QED) is 0.644. The highest BCUT2D eigenvalue weighted by Gasteiger charge is 2.13. The summed E-state index contributed by atoms with van der Waals surface area (Å²) in [6, 6.07) is 0. The molecule has 0 aromatic carbocycles. The molecule has 0 radical (unpaired) electrons. The molecular formula is C12H21N5. The molecule has 4 N–H and O–H groups in total. The van der Waals surface area contributed by atoms with E-state index >= 15 is 0 Å². The molecule has 0 aromatic rings. The van der Waals surface area contributed by atoms with Gasteiger partial charge in [-0.25, -0.2) is 9.98 Å². The van der Waals surface area contributed by atoms with E-state index in [0.717, 1.165) is 35.8 Å². The summed E-state index contributed by atoms with van der Waals surface area (Å²) >= 11 is 0. The van der Waals surface area contributed by atoms with Crippen LogP contribution in [0, 0.1) is 0 Å². The molecule has 0 saturated carbocycles. The lowest BCUT2D eigenvalue weighted by molar-refractivity contribution is 0.714. The Balaban J connectivity index is 0.000000686. The normalized spacial score (nSPS) is 20.2. The lowest BCUT2D eigenvalue weighted by Gasteiger charge is -2.18. The van der Waals surface area contributed by atoms with Gasteiger partial charge in [-0.1, -0.05) is 13.8 Å². The van der Waals surface area contributed by atoms with Crippen molar-refractivity contribution in [3.63, 3.8) is 0 Å².